The zero-order valence-corrected chi connectivity index (χ0v) is 13.0. The highest BCUT2D eigenvalue weighted by Gasteiger charge is 2.35. The van der Waals surface area contributed by atoms with Crippen LogP contribution in [0.5, 0.6) is 0 Å². The van der Waals surface area contributed by atoms with Crippen LogP contribution in [0.4, 0.5) is 4.39 Å². The van der Waals surface area contributed by atoms with Crippen LogP contribution in [-0.2, 0) is 4.79 Å². The van der Waals surface area contributed by atoms with Gasteiger partial charge in [0.2, 0.25) is 0 Å². The Morgan fingerprint density at radius 1 is 1.35 bits per heavy atom. The molecule has 1 rings (SSSR count). The van der Waals surface area contributed by atoms with Gasteiger partial charge in [0.1, 0.15) is 5.82 Å². The zero-order chi connectivity index (χ0) is 15.3. The topological polar surface area (TPSA) is 66.4 Å². The Balaban J connectivity index is 2.80. The standard InChI is InChI=1S/C14H17BrFNO3/c1-3-14(4-2,13(19)20)8-17-12(18)9-5-6-11(16)10(15)7-9/h5-7H,3-4,8H2,1-2H3,(H,17,18)(H,19,20). The molecule has 0 atom stereocenters. The van der Waals surface area contributed by atoms with Crippen LogP contribution in [0.2, 0.25) is 0 Å². The summed E-state index contributed by atoms with van der Waals surface area (Å²) in [5.74, 6) is -1.80. The Morgan fingerprint density at radius 2 is 1.95 bits per heavy atom. The Labute approximate surface area is 125 Å². The van der Waals surface area contributed by atoms with Crippen molar-refractivity contribution in [2.45, 2.75) is 26.7 Å². The molecule has 0 aliphatic heterocycles. The molecule has 0 unspecified atom stereocenters. The van der Waals surface area contributed by atoms with E-state index in [1.165, 1.54) is 18.2 Å². The largest absolute Gasteiger partial charge is 0.481 e. The van der Waals surface area contributed by atoms with Crippen LogP contribution in [0.3, 0.4) is 0 Å². The highest BCUT2D eigenvalue weighted by atomic mass is 79.9. The summed E-state index contributed by atoms with van der Waals surface area (Å²) in [7, 11) is 0. The van der Waals surface area contributed by atoms with E-state index in [-0.39, 0.29) is 16.6 Å². The maximum absolute atomic E-state index is 13.1. The number of hydrogen-bond acceptors (Lipinski definition) is 2. The molecule has 20 heavy (non-hydrogen) atoms. The lowest BCUT2D eigenvalue weighted by Crippen LogP contribution is -2.42. The van der Waals surface area contributed by atoms with E-state index in [0.29, 0.717) is 12.8 Å². The van der Waals surface area contributed by atoms with Crippen LogP contribution in [0, 0.1) is 11.2 Å². The summed E-state index contributed by atoms with van der Waals surface area (Å²) >= 11 is 3.01. The monoisotopic (exact) mass is 345 g/mol. The van der Waals surface area contributed by atoms with Gasteiger partial charge in [-0.05, 0) is 47.0 Å². The molecule has 0 heterocycles. The molecule has 0 bridgehead atoms. The molecule has 0 aliphatic rings. The highest BCUT2D eigenvalue weighted by Crippen LogP contribution is 2.26. The minimum atomic E-state index is -0.965. The molecule has 2 N–H and O–H groups in total. The minimum absolute atomic E-state index is 0.0448. The zero-order valence-electron chi connectivity index (χ0n) is 11.4. The molecule has 6 heteroatoms. The van der Waals surface area contributed by atoms with E-state index in [1.54, 1.807) is 13.8 Å². The third-order valence-electron chi connectivity index (χ3n) is 3.58. The predicted octanol–water partition coefficient (Wildman–Crippen LogP) is 3.21. The lowest BCUT2D eigenvalue weighted by molar-refractivity contribution is -0.149. The molecule has 1 aromatic rings. The number of nitrogens with one attached hydrogen (secondary N) is 1. The van der Waals surface area contributed by atoms with Gasteiger partial charge < -0.3 is 10.4 Å². The molecule has 1 aromatic carbocycles. The average molecular weight is 346 g/mol. The molecule has 0 saturated heterocycles. The molecule has 0 fully saturated rings. The van der Waals surface area contributed by atoms with Crippen molar-refractivity contribution in [2.24, 2.45) is 5.41 Å². The first-order chi connectivity index (χ1) is 9.36. The van der Waals surface area contributed by atoms with Crippen molar-refractivity contribution in [2.75, 3.05) is 6.54 Å². The van der Waals surface area contributed by atoms with E-state index in [1.807, 2.05) is 0 Å². The molecule has 0 saturated carbocycles. The third kappa shape index (κ3) is 3.56. The van der Waals surface area contributed by atoms with Gasteiger partial charge in [-0.25, -0.2) is 4.39 Å². The van der Waals surface area contributed by atoms with Crippen molar-refractivity contribution in [1.29, 1.82) is 0 Å². The van der Waals surface area contributed by atoms with Crippen LogP contribution >= 0.6 is 15.9 Å². The number of rotatable bonds is 6. The van der Waals surface area contributed by atoms with Crippen LogP contribution in [0.25, 0.3) is 0 Å². The van der Waals surface area contributed by atoms with Crippen molar-refractivity contribution in [3.05, 3.63) is 34.1 Å². The smallest absolute Gasteiger partial charge is 0.311 e. The normalized spacial score (nSPS) is 11.2. The van der Waals surface area contributed by atoms with Crippen molar-refractivity contribution >= 4 is 27.8 Å². The Kier molecular flexibility index (Phi) is 5.68. The van der Waals surface area contributed by atoms with E-state index < -0.39 is 23.1 Å². The molecule has 110 valence electrons. The molecule has 0 radical (unpaired) electrons. The van der Waals surface area contributed by atoms with Gasteiger partial charge in [0.05, 0.1) is 9.89 Å². The first-order valence-electron chi connectivity index (χ1n) is 6.33. The summed E-state index contributed by atoms with van der Waals surface area (Å²) in [6, 6.07) is 3.91. The average Bonchev–Trinajstić information content (AvgIpc) is 2.43. The van der Waals surface area contributed by atoms with Crippen molar-refractivity contribution in [1.82, 2.24) is 5.32 Å². The minimum Gasteiger partial charge on any atom is -0.481 e. The van der Waals surface area contributed by atoms with E-state index >= 15 is 0 Å². The van der Waals surface area contributed by atoms with E-state index in [0.717, 1.165) is 0 Å². The molecule has 0 aliphatic carbocycles. The van der Waals surface area contributed by atoms with Crippen LogP contribution < -0.4 is 5.32 Å². The number of carboxylic acid groups (broad SMARTS) is 1. The van der Waals surface area contributed by atoms with Crippen LogP contribution in [0.1, 0.15) is 37.0 Å². The molecular weight excluding hydrogens is 329 g/mol. The summed E-state index contributed by atoms with van der Waals surface area (Å²) in [6.07, 6.45) is 0.846. The fraction of sp³-hybridized carbons (Fsp3) is 0.429. The summed E-state index contributed by atoms with van der Waals surface area (Å²) < 4.78 is 13.3. The van der Waals surface area contributed by atoms with Gasteiger partial charge in [0, 0.05) is 12.1 Å². The van der Waals surface area contributed by atoms with Gasteiger partial charge in [0.15, 0.2) is 0 Å². The van der Waals surface area contributed by atoms with Crippen molar-refractivity contribution in [3.8, 4) is 0 Å². The fourth-order valence-electron chi connectivity index (χ4n) is 1.87. The molecule has 4 nitrogen and oxygen atoms in total. The fourth-order valence-corrected chi connectivity index (χ4v) is 2.25. The van der Waals surface area contributed by atoms with Gasteiger partial charge >= 0.3 is 5.97 Å². The summed E-state index contributed by atoms with van der Waals surface area (Å²) in [6.45, 7) is 3.60. The number of carbonyl (C=O) groups excluding carboxylic acids is 1. The molecule has 0 aromatic heterocycles. The SMILES string of the molecule is CCC(CC)(CNC(=O)c1ccc(F)c(Br)c1)C(=O)O. The van der Waals surface area contributed by atoms with E-state index in [2.05, 4.69) is 21.2 Å². The Hall–Kier alpha value is -1.43. The maximum Gasteiger partial charge on any atom is 0.311 e. The van der Waals surface area contributed by atoms with Gasteiger partial charge in [-0.3, -0.25) is 9.59 Å². The van der Waals surface area contributed by atoms with Gasteiger partial charge in [-0.1, -0.05) is 13.8 Å². The van der Waals surface area contributed by atoms with Crippen LogP contribution in [0.15, 0.2) is 22.7 Å². The Morgan fingerprint density at radius 3 is 2.40 bits per heavy atom. The lowest BCUT2D eigenvalue weighted by atomic mass is 9.82. The van der Waals surface area contributed by atoms with Gasteiger partial charge in [-0.2, -0.15) is 0 Å². The third-order valence-corrected chi connectivity index (χ3v) is 4.18. The summed E-state index contributed by atoms with van der Waals surface area (Å²) in [5, 5.41) is 11.9. The predicted molar refractivity (Wildman–Crippen MR) is 77.1 cm³/mol. The molecular formula is C14H17BrFNO3. The first kappa shape index (κ1) is 16.6. The van der Waals surface area contributed by atoms with Gasteiger partial charge in [-0.15, -0.1) is 0 Å². The molecule has 0 spiro atoms. The number of hydrogen-bond donors (Lipinski definition) is 2. The number of carbonyl (C=O) groups is 2. The van der Waals surface area contributed by atoms with E-state index in [9.17, 15) is 19.1 Å². The first-order valence-corrected chi connectivity index (χ1v) is 7.12. The number of aliphatic carboxylic acids is 1. The summed E-state index contributed by atoms with van der Waals surface area (Å²) in [5.41, 5.74) is -0.683. The van der Waals surface area contributed by atoms with Crippen molar-refractivity contribution < 1.29 is 19.1 Å². The lowest BCUT2D eigenvalue weighted by Gasteiger charge is -2.26. The highest BCUT2D eigenvalue weighted by molar-refractivity contribution is 9.10. The summed E-state index contributed by atoms with van der Waals surface area (Å²) in [4.78, 5) is 23.3. The molecule has 1 amide bonds. The Bertz CT molecular complexity index is 515. The number of carboxylic acids is 1. The second-order valence-electron chi connectivity index (χ2n) is 4.60. The second kappa shape index (κ2) is 6.83. The number of amides is 1. The van der Waals surface area contributed by atoms with Gasteiger partial charge in [0.25, 0.3) is 5.91 Å². The quantitative estimate of drug-likeness (QED) is 0.831. The van der Waals surface area contributed by atoms with Crippen LogP contribution in [-0.4, -0.2) is 23.5 Å². The number of benzene rings is 1. The maximum atomic E-state index is 13.1. The van der Waals surface area contributed by atoms with E-state index in [4.69, 9.17) is 0 Å². The van der Waals surface area contributed by atoms with Crippen molar-refractivity contribution in [3.63, 3.8) is 0 Å². The number of halogens is 2. The second-order valence-corrected chi connectivity index (χ2v) is 5.46.